The second kappa shape index (κ2) is 9.42. The Morgan fingerprint density at radius 2 is 1.97 bits per heavy atom. The third kappa shape index (κ3) is 5.04. The zero-order valence-electron chi connectivity index (χ0n) is 18.9. The van der Waals surface area contributed by atoms with Crippen LogP contribution in [0.15, 0.2) is 28.3 Å². The zero-order valence-corrected chi connectivity index (χ0v) is 20.5. The normalized spacial score (nSPS) is 20.8. The van der Waals surface area contributed by atoms with Crippen LogP contribution in [0, 0.1) is 5.41 Å². The van der Waals surface area contributed by atoms with E-state index in [0.717, 1.165) is 25.0 Å². The summed E-state index contributed by atoms with van der Waals surface area (Å²) in [5.41, 5.74) is 1.05. The van der Waals surface area contributed by atoms with E-state index in [1.807, 2.05) is 26.8 Å². The largest absolute Gasteiger partial charge is 0.379 e. The van der Waals surface area contributed by atoms with Crippen molar-refractivity contribution in [1.82, 2.24) is 13.9 Å². The van der Waals surface area contributed by atoms with Crippen LogP contribution in [0.25, 0.3) is 11.0 Å². The van der Waals surface area contributed by atoms with Crippen molar-refractivity contribution in [3.05, 3.63) is 18.2 Å². The van der Waals surface area contributed by atoms with Crippen molar-refractivity contribution >= 4 is 38.6 Å². The van der Waals surface area contributed by atoms with Gasteiger partial charge < -0.3 is 14.0 Å². The first-order valence-corrected chi connectivity index (χ1v) is 13.4. The minimum Gasteiger partial charge on any atom is -0.379 e. The Morgan fingerprint density at radius 3 is 2.62 bits per heavy atom. The van der Waals surface area contributed by atoms with Gasteiger partial charge in [-0.25, -0.2) is 13.4 Å². The van der Waals surface area contributed by atoms with Crippen LogP contribution in [-0.2, 0) is 30.8 Å². The van der Waals surface area contributed by atoms with Crippen LogP contribution in [0.3, 0.4) is 0 Å². The minimum atomic E-state index is -3.61. The van der Waals surface area contributed by atoms with E-state index in [9.17, 15) is 13.2 Å². The van der Waals surface area contributed by atoms with Crippen LogP contribution in [-0.4, -0.2) is 72.8 Å². The van der Waals surface area contributed by atoms with E-state index in [1.54, 1.807) is 12.1 Å². The predicted octanol–water partition coefficient (Wildman–Crippen LogP) is 2.94. The molecule has 0 aliphatic carbocycles. The van der Waals surface area contributed by atoms with Crippen molar-refractivity contribution in [2.24, 2.45) is 5.41 Å². The van der Waals surface area contributed by atoms with Crippen LogP contribution in [0.5, 0.6) is 0 Å². The Hall–Kier alpha value is -1.46. The summed E-state index contributed by atoms with van der Waals surface area (Å²) in [6.07, 6.45) is 2.11. The van der Waals surface area contributed by atoms with Gasteiger partial charge in [-0.2, -0.15) is 4.31 Å². The molecule has 176 valence electrons. The number of fused-ring (bicyclic) bond motifs is 1. The van der Waals surface area contributed by atoms with E-state index >= 15 is 0 Å². The zero-order chi connectivity index (χ0) is 22.9. The number of morpholine rings is 1. The van der Waals surface area contributed by atoms with Gasteiger partial charge in [-0.1, -0.05) is 32.5 Å². The number of aromatic nitrogens is 2. The molecule has 0 bridgehead atoms. The summed E-state index contributed by atoms with van der Waals surface area (Å²) >= 11 is 1.40. The molecule has 2 aliphatic rings. The maximum Gasteiger partial charge on any atom is 0.243 e. The standard InChI is InChI=1S/C22H31N3O5S2/c1-22(2,3)20(26)15-31-21-23-18-13-17(32(27,28)24-8-11-29-12-9-24)6-7-19(18)25(21)14-16-5-4-10-30-16/h6-7,13,16H,4-5,8-12,14-15H2,1-3H3/t16-/m0/s1. The number of imidazole rings is 1. The van der Waals surface area contributed by atoms with Crippen molar-refractivity contribution in [3.8, 4) is 0 Å². The molecule has 2 aromatic rings. The fourth-order valence-corrected chi connectivity index (χ4v) is 6.42. The number of hydrogen-bond donors (Lipinski definition) is 0. The van der Waals surface area contributed by atoms with Crippen molar-refractivity contribution < 1.29 is 22.7 Å². The highest BCUT2D eigenvalue weighted by atomic mass is 32.2. The number of ketones is 1. The number of rotatable bonds is 7. The molecule has 8 nitrogen and oxygen atoms in total. The van der Waals surface area contributed by atoms with Crippen LogP contribution < -0.4 is 0 Å². The summed E-state index contributed by atoms with van der Waals surface area (Å²) in [5, 5.41) is 0.717. The smallest absolute Gasteiger partial charge is 0.243 e. The van der Waals surface area contributed by atoms with E-state index in [0.29, 0.717) is 49.3 Å². The highest BCUT2D eigenvalue weighted by Crippen LogP contribution is 2.30. The highest BCUT2D eigenvalue weighted by molar-refractivity contribution is 7.99. The summed E-state index contributed by atoms with van der Waals surface area (Å²) in [7, 11) is -3.61. The molecule has 1 aromatic heterocycles. The van der Waals surface area contributed by atoms with Gasteiger partial charge in [0.1, 0.15) is 5.78 Å². The van der Waals surface area contributed by atoms with Crippen LogP contribution >= 0.6 is 11.8 Å². The van der Waals surface area contributed by atoms with Gasteiger partial charge in [-0.05, 0) is 31.0 Å². The van der Waals surface area contributed by atoms with Crippen LogP contribution in [0.1, 0.15) is 33.6 Å². The monoisotopic (exact) mass is 481 g/mol. The fourth-order valence-electron chi connectivity index (χ4n) is 3.81. The Balaban J connectivity index is 1.66. The molecule has 2 fully saturated rings. The van der Waals surface area contributed by atoms with Gasteiger partial charge in [-0.15, -0.1) is 0 Å². The van der Waals surface area contributed by atoms with Crippen molar-refractivity contribution in [1.29, 1.82) is 0 Å². The SMILES string of the molecule is CC(C)(C)C(=O)CSc1nc2cc(S(=O)(=O)N3CCOCC3)ccc2n1C[C@@H]1CCCO1. The summed E-state index contributed by atoms with van der Waals surface area (Å²) in [6, 6.07) is 5.11. The quantitative estimate of drug-likeness (QED) is 0.562. The molecular weight excluding hydrogens is 450 g/mol. The lowest BCUT2D eigenvalue weighted by molar-refractivity contribution is -0.123. The first-order chi connectivity index (χ1) is 15.2. The molecule has 0 saturated carbocycles. The number of hydrogen-bond acceptors (Lipinski definition) is 7. The van der Waals surface area contributed by atoms with E-state index < -0.39 is 15.4 Å². The van der Waals surface area contributed by atoms with E-state index in [4.69, 9.17) is 14.5 Å². The molecule has 0 unspecified atom stereocenters. The molecule has 4 rings (SSSR count). The van der Waals surface area contributed by atoms with Crippen LogP contribution in [0.4, 0.5) is 0 Å². The second-order valence-corrected chi connectivity index (χ2v) is 12.1. The van der Waals surface area contributed by atoms with E-state index in [2.05, 4.69) is 4.57 Å². The van der Waals surface area contributed by atoms with Crippen molar-refractivity contribution in [2.45, 2.75) is 56.3 Å². The Kier molecular flexibility index (Phi) is 6.97. The molecule has 0 N–H and O–H groups in total. The molecule has 0 amide bonds. The lowest BCUT2D eigenvalue weighted by atomic mass is 9.92. The average Bonchev–Trinajstić information content (AvgIpc) is 3.40. The number of thioether (sulfide) groups is 1. The second-order valence-electron chi connectivity index (χ2n) is 9.27. The lowest BCUT2D eigenvalue weighted by Gasteiger charge is -2.26. The Labute approximate surface area is 193 Å². The molecule has 10 heteroatoms. The number of benzene rings is 1. The maximum atomic E-state index is 13.1. The number of nitrogens with zero attached hydrogens (tertiary/aromatic N) is 3. The molecule has 2 aliphatic heterocycles. The van der Waals surface area contributed by atoms with Gasteiger partial charge in [0.25, 0.3) is 0 Å². The third-order valence-electron chi connectivity index (χ3n) is 5.87. The van der Waals surface area contributed by atoms with Crippen molar-refractivity contribution in [2.75, 3.05) is 38.7 Å². The number of ether oxygens (including phenoxy) is 2. The summed E-state index contributed by atoms with van der Waals surface area (Å²) < 4.78 is 40.8. The number of Topliss-reactive ketones (excluding diaryl/α,β-unsaturated/α-hetero) is 1. The van der Waals surface area contributed by atoms with Gasteiger partial charge >= 0.3 is 0 Å². The number of sulfonamides is 1. The Morgan fingerprint density at radius 1 is 1.22 bits per heavy atom. The first-order valence-electron chi connectivity index (χ1n) is 11.0. The van der Waals surface area contributed by atoms with E-state index in [1.165, 1.54) is 16.1 Å². The maximum absolute atomic E-state index is 13.1. The lowest BCUT2D eigenvalue weighted by Crippen LogP contribution is -2.40. The average molecular weight is 482 g/mol. The van der Waals surface area contributed by atoms with Gasteiger partial charge in [0.2, 0.25) is 10.0 Å². The molecule has 1 atom stereocenters. The highest BCUT2D eigenvalue weighted by Gasteiger charge is 2.28. The molecule has 0 radical (unpaired) electrons. The molecule has 2 saturated heterocycles. The van der Waals surface area contributed by atoms with E-state index in [-0.39, 0.29) is 16.8 Å². The van der Waals surface area contributed by atoms with Crippen LogP contribution in [0.2, 0.25) is 0 Å². The molecule has 1 aromatic carbocycles. The summed E-state index contributed by atoms with van der Waals surface area (Å²) in [6.45, 7) is 8.63. The first kappa shape index (κ1) is 23.7. The molecule has 0 spiro atoms. The molecule has 32 heavy (non-hydrogen) atoms. The predicted molar refractivity (Wildman–Crippen MR) is 123 cm³/mol. The minimum absolute atomic E-state index is 0.0989. The third-order valence-corrected chi connectivity index (χ3v) is 8.74. The summed E-state index contributed by atoms with van der Waals surface area (Å²) in [4.78, 5) is 17.5. The summed E-state index contributed by atoms with van der Waals surface area (Å²) in [5.74, 6) is 0.464. The van der Waals surface area contributed by atoms with Gasteiger partial charge in [0.15, 0.2) is 5.16 Å². The van der Waals surface area contributed by atoms with Crippen molar-refractivity contribution in [3.63, 3.8) is 0 Å². The van der Waals surface area contributed by atoms with Gasteiger partial charge in [-0.3, -0.25) is 4.79 Å². The van der Waals surface area contributed by atoms with Gasteiger partial charge in [0, 0.05) is 25.1 Å². The molecule has 3 heterocycles. The molecular formula is C22H31N3O5S2. The number of carbonyl (C=O) groups excluding carboxylic acids is 1. The topological polar surface area (TPSA) is 90.7 Å². The van der Waals surface area contributed by atoms with Gasteiger partial charge in [0.05, 0.1) is 47.5 Å². The fraction of sp³-hybridized carbons (Fsp3) is 0.636. The number of carbonyl (C=O) groups is 1. The Bertz CT molecular complexity index is 1080.